The summed E-state index contributed by atoms with van der Waals surface area (Å²) in [4.78, 5) is 11.1. The molecule has 0 aliphatic rings. The molecule has 0 saturated carbocycles. The van der Waals surface area contributed by atoms with Gasteiger partial charge in [-0.25, -0.2) is 0 Å². The summed E-state index contributed by atoms with van der Waals surface area (Å²) >= 11 is 6.21. The normalized spacial score (nSPS) is 11.8. The van der Waals surface area contributed by atoms with E-state index in [-0.39, 0.29) is 11.9 Å². The van der Waals surface area contributed by atoms with Crippen LogP contribution in [0.1, 0.15) is 31.0 Å². The molecule has 0 bridgehead atoms. The minimum Gasteiger partial charge on any atom is -0.378 e. The van der Waals surface area contributed by atoms with Gasteiger partial charge in [-0.3, -0.25) is 4.79 Å². The molecule has 1 atom stereocenters. The highest BCUT2D eigenvalue weighted by molar-refractivity contribution is 6.31. The summed E-state index contributed by atoms with van der Waals surface area (Å²) in [6.07, 6.45) is 0. The third-order valence-corrected chi connectivity index (χ3v) is 3.64. The summed E-state index contributed by atoms with van der Waals surface area (Å²) in [7, 11) is 0. The molecule has 0 aromatic heterocycles. The van der Waals surface area contributed by atoms with E-state index in [0.717, 1.165) is 27.5 Å². The third-order valence-electron chi connectivity index (χ3n) is 3.29. The molecule has 2 aromatic rings. The second-order valence-corrected chi connectivity index (χ2v) is 5.51. The van der Waals surface area contributed by atoms with E-state index in [1.54, 1.807) is 0 Å². The van der Waals surface area contributed by atoms with Crippen molar-refractivity contribution in [2.24, 2.45) is 0 Å². The number of hydrogen-bond acceptors (Lipinski definition) is 2. The van der Waals surface area contributed by atoms with Crippen molar-refractivity contribution < 1.29 is 4.79 Å². The van der Waals surface area contributed by atoms with Crippen LogP contribution < -0.4 is 10.6 Å². The van der Waals surface area contributed by atoms with E-state index in [4.69, 9.17) is 11.6 Å². The molecule has 0 heterocycles. The lowest BCUT2D eigenvalue weighted by atomic mass is 10.1. The summed E-state index contributed by atoms with van der Waals surface area (Å²) in [6, 6.07) is 13.8. The summed E-state index contributed by atoms with van der Waals surface area (Å²) in [5, 5.41) is 6.98. The minimum absolute atomic E-state index is 0.0664. The molecule has 1 unspecified atom stereocenters. The Labute approximate surface area is 130 Å². The number of halogens is 1. The van der Waals surface area contributed by atoms with E-state index < -0.39 is 0 Å². The minimum atomic E-state index is -0.0664. The number of rotatable bonds is 4. The fourth-order valence-corrected chi connectivity index (χ4v) is 2.54. The molecule has 2 rings (SSSR count). The van der Waals surface area contributed by atoms with E-state index in [1.165, 1.54) is 6.92 Å². The standard InChI is InChI=1S/C17H19ClN2O/c1-11-10-14(8-9-17(11)20-13(3)21)19-12(2)15-6-4-5-7-16(15)18/h4-10,12,19H,1-3H3,(H,20,21). The smallest absolute Gasteiger partial charge is 0.221 e. The first-order chi connectivity index (χ1) is 9.97. The van der Waals surface area contributed by atoms with Gasteiger partial charge in [0.05, 0.1) is 0 Å². The van der Waals surface area contributed by atoms with Crippen molar-refractivity contribution in [1.29, 1.82) is 0 Å². The quantitative estimate of drug-likeness (QED) is 0.853. The van der Waals surface area contributed by atoms with Crippen molar-refractivity contribution in [2.45, 2.75) is 26.8 Å². The number of benzene rings is 2. The van der Waals surface area contributed by atoms with Gasteiger partial charge in [-0.1, -0.05) is 29.8 Å². The zero-order valence-electron chi connectivity index (χ0n) is 12.4. The molecule has 21 heavy (non-hydrogen) atoms. The van der Waals surface area contributed by atoms with Crippen LogP contribution in [0.25, 0.3) is 0 Å². The molecule has 4 heteroatoms. The van der Waals surface area contributed by atoms with Crippen LogP contribution in [0, 0.1) is 6.92 Å². The highest BCUT2D eigenvalue weighted by Gasteiger charge is 2.09. The molecule has 110 valence electrons. The second-order valence-electron chi connectivity index (χ2n) is 5.10. The Hall–Kier alpha value is -2.00. The van der Waals surface area contributed by atoms with Gasteiger partial charge in [0.2, 0.25) is 5.91 Å². The highest BCUT2D eigenvalue weighted by atomic mass is 35.5. The summed E-state index contributed by atoms with van der Waals surface area (Å²) in [6.45, 7) is 5.54. The van der Waals surface area contributed by atoms with Crippen molar-refractivity contribution in [3.05, 3.63) is 58.6 Å². The van der Waals surface area contributed by atoms with Gasteiger partial charge in [0.15, 0.2) is 0 Å². The zero-order valence-corrected chi connectivity index (χ0v) is 13.2. The van der Waals surface area contributed by atoms with Gasteiger partial charge >= 0.3 is 0 Å². The van der Waals surface area contributed by atoms with Gasteiger partial charge in [0, 0.05) is 29.4 Å². The Morgan fingerprint density at radius 1 is 1.19 bits per heavy atom. The molecule has 0 saturated heterocycles. The van der Waals surface area contributed by atoms with Crippen LogP contribution >= 0.6 is 11.6 Å². The van der Waals surface area contributed by atoms with Crippen LogP contribution in [0.15, 0.2) is 42.5 Å². The van der Waals surface area contributed by atoms with Crippen molar-refractivity contribution in [3.8, 4) is 0 Å². The highest BCUT2D eigenvalue weighted by Crippen LogP contribution is 2.27. The lowest BCUT2D eigenvalue weighted by Crippen LogP contribution is -2.09. The molecular weight excluding hydrogens is 284 g/mol. The van der Waals surface area contributed by atoms with Gasteiger partial charge in [0.1, 0.15) is 0 Å². The topological polar surface area (TPSA) is 41.1 Å². The number of aryl methyl sites for hydroxylation is 1. The predicted octanol–water partition coefficient (Wildman–Crippen LogP) is 4.78. The summed E-state index contributed by atoms with van der Waals surface area (Å²) < 4.78 is 0. The molecule has 0 aliphatic carbocycles. The van der Waals surface area contributed by atoms with Gasteiger partial charge in [-0.2, -0.15) is 0 Å². The fraction of sp³-hybridized carbons (Fsp3) is 0.235. The van der Waals surface area contributed by atoms with Gasteiger partial charge in [-0.15, -0.1) is 0 Å². The Kier molecular flexibility index (Phi) is 4.86. The third kappa shape index (κ3) is 3.99. The first-order valence-electron chi connectivity index (χ1n) is 6.86. The maximum Gasteiger partial charge on any atom is 0.221 e. The lowest BCUT2D eigenvalue weighted by Gasteiger charge is -2.18. The van der Waals surface area contributed by atoms with Crippen LogP contribution in [-0.2, 0) is 4.79 Å². The molecule has 2 N–H and O–H groups in total. The Balaban J connectivity index is 2.15. The maximum absolute atomic E-state index is 11.1. The van der Waals surface area contributed by atoms with E-state index in [0.29, 0.717) is 0 Å². The van der Waals surface area contributed by atoms with Crippen molar-refractivity contribution in [2.75, 3.05) is 10.6 Å². The van der Waals surface area contributed by atoms with Crippen molar-refractivity contribution in [3.63, 3.8) is 0 Å². The van der Waals surface area contributed by atoms with Gasteiger partial charge < -0.3 is 10.6 Å². The Morgan fingerprint density at radius 2 is 1.90 bits per heavy atom. The summed E-state index contributed by atoms with van der Waals surface area (Å²) in [5.41, 5.74) is 3.90. The average Bonchev–Trinajstić information content (AvgIpc) is 2.42. The molecule has 0 spiro atoms. The van der Waals surface area contributed by atoms with Gasteiger partial charge in [-0.05, 0) is 49.2 Å². The zero-order chi connectivity index (χ0) is 15.4. The van der Waals surface area contributed by atoms with Crippen LogP contribution in [0.3, 0.4) is 0 Å². The van der Waals surface area contributed by atoms with Crippen molar-refractivity contribution in [1.82, 2.24) is 0 Å². The summed E-state index contributed by atoms with van der Waals surface area (Å²) in [5.74, 6) is -0.0664. The van der Waals surface area contributed by atoms with E-state index >= 15 is 0 Å². The molecule has 1 amide bonds. The fourth-order valence-electron chi connectivity index (χ4n) is 2.24. The number of carbonyl (C=O) groups excluding carboxylic acids is 1. The second kappa shape index (κ2) is 6.64. The number of carbonyl (C=O) groups is 1. The van der Waals surface area contributed by atoms with Crippen LogP contribution in [0.5, 0.6) is 0 Å². The largest absolute Gasteiger partial charge is 0.378 e. The van der Waals surface area contributed by atoms with Crippen LogP contribution in [0.2, 0.25) is 5.02 Å². The number of anilines is 2. The van der Waals surface area contributed by atoms with Crippen LogP contribution in [-0.4, -0.2) is 5.91 Å². The number of amides is 1. The molecule has 2 aromatic carbocycles. The lowest BCUT2D eigenvalue weighted by molar-refractivity contribution is -0.114. The monoisotopic (exact) mass is 302 g/mol. The number of hydrogen-bond donors (Lipinski definition) is 2. The first-order valence-corrected chi connectivity index (χ1v) is 7.24. The SMILES string of the molecule is CC(=O)Nc1ccc(NC(C)c2ccccc2Cl)cc1C. The Morgan fingerprint density at radius 3 is 2.52 bits per heavy atom. The predicted molar refractivity (Wildman–Crippen MR) is 89.0 cm³/mol. The molecular formula is C17H19ClN2O. The molecule has 3 nitrogen and oxygen atoms in total. The Bertz CT molecular complexity index is 655. The average molecular weight is 303 g/mol. The van der Waals surface area contributed by atoms with E-state index in [2.05, 4.69) is 17.6 Å². The maximum atomic E-state index is 11.1. The van der Waals surface area contributed by atoms with E-state index in [1.807, 2.05) is 49.4 Å². The van der Waals surface area contributed by atoms with E-state index in [9.17, 15) is 4.79 Å². The van der Waals surface area contributed by atoms with Crippen LogP contribution in [0.4, 0.5) is 11.4 Å². The molecule has 0 aliphatic heterocycles. The first kappa shape index (κ1) is 15.4. The molecule has 0 fully saturated rings. The molecule has 0 radical (unpaired) electrons. The number of nitrogens with one attached hydrogen (secondary N) is 2. The van der Waals surface area contributed by atoms with Crippen molar-refractivity contribution >= 4 is 28.9 Å². The van der Waals surface area contributed by atoms with Gasteiger partial charge in [0.25, 0.3) is 0 Å².